The molecule has 1 rings (SSSR count). The first-order valence-corrected chi connectivity index (χ1v) is 7.61. The molecule has 1 aromatic carbocycles. The molecular weight excluding hydrogens is 379 g/mol. The molecule has 90 valence electrons. The number of benzene rings is 1. The minimum absolute atomic E-state index is 0.144. The summed E-state index contributed by atoms with van der Waals surface area (Å²) in [5.41, 5.74) is 0.813. The van der Waals surface area contributed by atoms with Crippen molar-refractivity contribution in [2.24, 2.45) is 0 Å². The van der Waals surface area contributed by atoms with Crippen LogP contribution in [0, 0.1) is 0 Å². The molecular formula is C13H18BrIO. The zero-order valence-corrected chi connectivity index (χ0v) is 13.9. The second-order valence-electron chi connectivity index (χ2n) is 5.06. The van der Waals surface area contributed by atoms with Gasteiger partial charge in [-0.2, -0.15) is 0 Å². The van der Waals surface area contributed by atoms with Gasteiger partial charge in [0, 0.05) is 8.90 Å². The first-order valence-electron chi connectivity index (χ1n) is 5.30. The van der Waals surface area contributed by atoms with E-state index in [4.69, 9.17) is 4.74 Å². The summed E-state index contributed by atoms with van der Waals surface area (Å²) in [6.07, 6.45) is 0. The summed E-state index contributed by atoms with van der Waals surface area (Å²) in [5.74, 6) is 0. The third-order valence-electron chi connectivity index (χ3n) is 2.23. The molecule has 0 fully saturated rings. The van der Waals surface area contributed by atoms with Crippen molar-refractivity contribution in [2.75, 3.05) is 4.43 Å². The van der Waals surface area contributed by atoms with Crippen LogP contribution in [-0.4, -0.2) is 10.0 Å². The van der Waals surface area contributed by atoms with Crippen molar-refractivity contribution >= 4 is 38.5 Å². The third kappa shape index (κ3) is 3.70. The van der Waals surface area contributed by atoms with Crippen molar-refractivity contribution in [3.8, 4) is 0 Å². The van der Waals surface area contributed by atoms with E-state index in [1.54, 1.807) is 0 Å². The van der Waals surface area contributed by atoms with E-state index in [1.807, 2.05) is 6.07 Å². The Bertz CT molecular complexity index is 359. The number of rotatable bonds is 3. The van der Waals surface area contributed by atoms with Crippen LogP contribution in [0.3, 0.4) is 0 Å². The molecule has 0 saturated heterocycles. The molecule has 0 N–H and O–H groups in total. The largest absolute Gasteiger partial charge is 0.364 e. The maximum atomic E-state index is 6.20. The molecule has 0 bridgehead atoms. The van der Waals surface area contributed by atoms with E-state index in [9.17, 15) is 0 Å². The van der Waals surface area contributed by atoms with Crippen LogP contribution in [0.4, 0.5) is 0 Å². The van der Waals surface area contributed by atoms with Gasteiger partial charge in [-0.1, -0.05) is 56.7 Å². The average molecular weight is 397 g/mol. The smallest absolute Gasteiger partial charge is 0.101 e. The Kier molecular flexibility index (Phi) is 4.84. The van der Waals surface area contributed by atoms with Gasteiger partial charge < -0.3 is 4.74 Å². The summed E-state index contributed by atoms with van der Waals surface area (Å²) in [6, 6.07) is 8.26. The van der Waals surface area contributed by atoms with Crippen LogP contribution < -0.4 is 0 Å². The topological polar surface area (TPSA) is 9.23 Å². The Balaban J connectivity index is 3.10. The van der Waals surface area contributed by atoms with Crippen molar-refractivity contribution in [1.29, 1.82) is 0 Å². The highest BCUT2D eigenvalue weighted by Gasteiger charge is 2.32. The molecule has 1 aromatic rings. The molecule has 0 aliphatic heterocycles. The average Bonchev–Trinajstić information content (AvgIpc) is 2.15. The molecule has 0 aromatic heterocycles. The minimum atomic E-state index is -0.251. The molecule has 1 nitrogen and oxygen atoms in total. The standard InChI is InChI=1S/C13H18BrIO/c1-12(2,3)16-13(4,9-15)10-7-5-6-8-11(10)14/h5-8H,9H2,1-4H3. The fourth-order valence-corrected chi connectivity index (χ4v) is 2.99. The lowest BCUT2D eigenvalue weighted by atomic mass is 9.96. The van der Waals surface area contributed by atoms with Gasteiger partial charge in [-0.25, -0.2) is 0 Å². The second kappa shape index (κ2) is 5.36. The molecule has 0 aliphatic rings. The van der Waals surface area contributed by atoms with Gasteiger partial charge in [0.2, 0.25) is 0 Å². The molecule has 0 spiro atoms. The van der Waals surface area contributed by atoms with Crippen molar-refractivity contribution in [3.05, 3.63) is 34.3 Å². The molecule has 3 heteroatoms. The highest BCUT2D eigenvalue weighted by Crippen LogP contribution is 2.36. The lowest BCUT2D eigenvalue weighted by molar-refractivity contribution is -0.113. The molecule has 1 unspecified atom stereocenters. The van der Waals surface area contributed by atoms with Crippen molar-refractivity contribution in [1.82, 2.24) is 0 Å². The maximum absolute atomic E-state index is 6.20. The summed E-state index contributed by atoms with van der Waals surface area (Å²) >= 11 is 5.98. The fraction of sp³-hybridized carbons (Fsp3) is 0.538. The van der Waals surface area contributed by atoms with Gasteiger partial charge in [-0.05, 0) is 39.3 Å². The minimum Gasteiger partial charge on any atom is -0.364 e. The zero-order chi connectivity index (χ0) is 12.4. The van der Waals surface area contributed by atoms with E-state index in [2.05, 4.69) is 84.4 Å². The van der Waals surface area contributed by atoms with Gasteiger partial charge in [-0.15, -0.1) is 0 Å². The Morgan fingerprint density at radius 2 is 1.75 bits per heavy atom. The van der Waals surface area contributed by atoms with E-state index in [-0.39, 0.29) is 11.2 Å². The highest BCUT2D eigenvalue weighted by molar-refractivity contribution is 14.1. The molecule has 0 aliphatic carbocycles. The van der Waals surface area contributed by atoms with Crippen LogP contribution in [0.25, 0.3) is 0 Å². The van der Waals surface area contributed by atoms with Crippen LogP contribution in [-0.2, 0) is 10.3 Å². The van der Waals surface area contributed by atoms with Crippen molar-refractivity contribution in [3.63, 3.8) is 0 Å². The molecule has 0 radical (unpaired) electrons. The van der Waals surface area contributed by atoms with Crippen molar-refractivity contribution < 1.29 is 4.74 Å². The molecule has 0 saturated carbocycles. The first kappa shape index (κ1) is 14.5. The first-order chi connectivity index (χ1) is 7.28. The van der Waals surface area contributed by atoms with Crippen LogP contribution in [0.5, 0.6) is 0 Å². The van der Waals surface area contributed by atoms with E-state index < -0.39 is 0 Å². The van der Waals surface area contributed by atoms with Gasteiger partial charge in [0.25, 0.3) is 0 Å². The summed E-state index contributed by atoms with van der Waals surface area (Å²) < 4.78 is 8.23. The number of hydrogen-bond acceptors (Lipinski definition) is 1. The van der Waals surface area contributed by atoms with Gasteiger partial charge in [0.15, 0.2) is 0 Å². The quantitative estimate of drug-likeness (QED) is 0.520. The Morgan fingerprint density at radius 1 is 1.19 bits per heavy atom. The number of alkyl halides is 1. The lowest BCUT2D eigenvalue weighted by Gasteiger charge is -2.36. The van der Waals surface area contributed by atoms with Crippen LogP contribution in [0.15, 0.2) is 28.7 Å². The number of halogens is 2. The van der Waals surface area contributed by atoms with Gasteiger partial charge in [0.05, 0.1) is 5.60 Å². The van der Waals surface area contributed by atoms with Crippen LogP contribution in [0.2, 0.25) is 0 Å². The zero-order valence-electron chi connectivity index (χ0n) is 10.2. The number of ether oxygens (including phenoxy) is 1. The predicted octanol–water partition coefficient (Wildman–Crippen LogP) is 4.91. The molecule has 0 heterocycles. The predicted molar refractivity (Wildman–Crippen MR) is 81.2 cm³/mol. The maximum Gasteiger partial charge on any atom is 0.101 e. The fourth-order valence-electron chi connectivity index (χ4n) is 1.72. The van der Waals surface area contributed by atoms with Crippen LogP contribution >= 0.6 is 38.5 Å². The van der Waals surface area contributed by atoms with Gasteiger partial charge in [-0.3, -0.25) is 0 Å². The lowest BCUT2D eigenvalue weighted by Crippen LogP contribution is -2.36. The molecule has 0 amide bonds. The SMILES string of the molecule is CC(C)(C)OC(C)(CI)c1ccccc1Br. The monoisotopic (exact) mass is 396 g/mol. The third-order valence-corrected chi connectivity index (χ3v) is 4.38. The summed E-state index contributed by atoms with van der Waals surface area (Å²) in [6.45, 7) is 8.42. The number of hydrogen-bond donors (Lipinski definition) is 0. The van der Waals surface area contributed by atoms with Gasteiger partial charge in [0.1, 0.15) is 5.60 Å². The van der Waals surface area contributed by atoms with E-state index in [0.29, 0.717) is 0 Å². The van der Waals surface area contributed by atoms with Crippen molar-refractivity contribution in [2.45, 2.75) is 38.9 Å². The summed E-state index contributed by atoms with van der Waals surface area (Å²) in [7, 11) is 0. The molecule has 1 atom stereocenters. The van der Waals surface area contributed by atoms with E-state index >= 15 is 0 Å². The van der Waals surface area contributed by atoms with Gasteiger partial charge >= 0.3 is 0 Å². The Hall–Kier alpha value is 0.390. The Morgan fingerprint density at radius 3 is 2.19 bits per heavy atom. The summed E-state index contributed by atoms with van der Waals surface area (Å²) in [4.78, 5) is 0. The van der Waals surface area contributed by atoms with E-state index in [0.717, 1.165) is 8.90 Å². The summed E-state index contributed by atoms with van der Waals surface area (Å²) in [5, 5.41) is 0. The van der Waals surface area contributed by atoms with Crippen LogP contribution in [0.1, 0.15) is 33.3 Å². The van der Waals surface area contributed by atoms with E-state index in [1.165, 1.54) is 5.56 Å². The normalized spacial score (nSPS) is 15.9. The molecule has 16 heavy (non-hydrogen) atoms. The Labute approximate surface area is 120 Å². The second-order valence-corrected chi connectivity index (χ2v) is 6.68. The highest BCUT2D eigenvalue weighted by atomic mass is 127.